The smallest absolute Gasteiger partial charge is 0.328 e. The van der Waals surface area contributed by atoms with Gasteiger partial charge in [-0.2, -0.15) is 0 Å². The van der Waals surface area contributed by atoms with Crippen molar-refractivity contribution in [2.75, 3.05) is 14.2 Å². The molecule has 0 unspecified atom stereocenters. The minimum atomic E-state index is -1.20. The minimum absolute atomic E-state index is 0.0237. The number of nitrogens with zero attached hydrogens (tertiary/aromatic N) is 1. The van der Waals surface area contributed by atoms with Gasteiger partial charge in [0.25, 0.3) is 0 Å². The summed E-state index contributed by atoms with van der Waals surface area (Å²) in [6, 6.07) is 13.7. The Morgan fingerprint density at radius 3 is 2.28 bits per heavy atom. The number of pyridine rings is 1. The SMILES string of the molecule is CC[C@H](NC(=O)[C@@H]1C[C@@H](Oc2cc(-c3ccccc3)nc3cc(OC)ccc23)C=C1C(=O)N[C@H](C(=O)N[C@H](C(=O)OC)C1CCCCC1)C(C)C)C(=O)O. The lowest BCUT2D eigenvalue weighted by atomic mass is 9.83. The Labute approximate surface area is 315 Å². The highest BCUT2D eigenvalue weighted by atomic mass is 16.5. The van der Waals surface area contributed by atoms with Crippen LogP contribution in [0.4, 0.5) is 0 Å². The van der Waals surface area contributed by atoms with E-state index >= 15 is 0 Å². The van der Waals surface area contributed by atoms with Crippen LogP contribution in [0.1, 0.15) is 65.7 Å². The van der Waals surface area contributed by atoms with Crippen molar-refractivity contribution in [2.24, 2.45) is 17.8 Å². The van der Waals surface area contributed by atoms with Crippen molar-refractivity contribution in [2.45, 2.75) is 89.9 Å². The molecule has 288 valence electrons. The summed E-state index contributed by atoms with van der Waals surface area (Å²) in [5.74, 6) is -4.14. The van der Waals surface area contributed by atoms with E-state index in [4.69, 9.17) is 19.2 Å². The van der Waals surface area contributed by atoms with Gasteiger partial charge in [-0.25, -0.2) is 14.6 Å². The molecule has 0 aliphatic heterocycles. The number of carbonyl (C=O) groups excluding carboxylic acids is 4. The van der Waals surface area contributed by atoms with Crippen LogP contribution in [-0.2, 0) is 28.7 Å². The summed E-state index contributed by atoms with van der Waals surface area (Å²) < 4.78 is 17.0. The highest BCUT2D eigenvalue weighted by Gasteiger charge is 2.40. The number of methoxy groups -OCH3 is 2. The number of amides is 3. The van der Waals surface area contributed by atoms with Gasteiger partial charge in [0.1, 0.15) is 35.7 Å². The van der Waals surface area contributed by atoms with Crippen LogP contribution in [0.2, 0.25) is 0 Å². The van der Waals surface area contributed by atoms with Gasteiger partial charge >= 0.3 is 11.9 Å². The summed E-state index contributed by atoms with van der Waals surface area (Å²) >= 11 is 0. The van der Waals surface area contributed by atoms with E-state index in [-0.39, 0.29) is 24.3 Å². The molecule has 0 bridgehead atoms. The Hall–Kier alpha value is -5.46. The maximum absolute atomic E-state index is 14.1. The van der Waals surface area contributed by atoms with E-state index in [9.17, 15) is 29.1 Å². The van der Waals surface area contributed by atoms with Crippen molar-refractivity contribution in [3.05, 3.63) is 66.2 Å². The molecule has 0 saturated heterocycles. The molecule has 1 fully saturated rings. The number of aliphatic carboxylic acids is 1. The summed E-state index contributed by atoms with van der Waals surface area (Å²) in [5, 5.41) is 18.6. The normalized spacial score (nSPS) is 18.9. The van der Waals surface area contributed by atoms with Gasteiger partial charge in [0, 0.05) is 35.1 Å². The highest BCUT2D eigenvalue weighted by Crippen LogP contribution is 2.36. The summed E-state index contributed by atoms with van der Waals surface area (Å²) in [4.78, 5) is 71.2. The Kier molecular flexibility index (Phi) is 13.3. The maximum Gasteiger partial charge on any atom is 0.328 e. The molecule has 5 rings (SSSR count). The molecule has 5 atom stereocenters. The number of hydrogen-bond acceptors (Lipinski definition) is 9. The van der Waals surface area contributed by atoms with Crippen LogP contribution >= 0.6 is 0 Å². The maximum atomic E-state index is 14.1. The number of carboxylic acid groups (broad SMARTS) is 1. The molecule has 4 N–H and O–H groups in total. The summed E-state index contributed by atoms with van der Waals surface area (Å²) in [7, 11) is 2.85. The Morgan fingerprint density at radius 2 is 1.65 bits per heavy atom. The zero-order chi connectivity index (χ0) is 38.9. The van der Waals surface area contributed by atoms with E-state index in [0.717, 1.165) is 37.7 Å². The highest BCUT2D eigenvalue weighted by molar-refractivity contribution is 6.03. The van der Waals surface area contributed by atoms with Gasteiger partial charge < -0.3 is 35.3 Å². The average Bonchev–Trinajstić information content (AvgIpc) is 3.61. The van der Waals surface area contributed by atoms with E-state index in [1.54, 1.807) is 52.2 Å². The fourth-order valence-electron chi connectivity index (χ4n) is 7.21. The zero-order valence-electron chi connectivity index (χ0n) is 31.4. The summed E-state index contributed by atoms with van der Waals surface area (Å²) in [5.41, 5.74) is 2.13. The van der Waals surface area contributed by atoms with Gasteiger partial charge in [0.2, 0.25) is 17.7 Å². The molecule has 2 aliphatic rings. The second-order valence-electron chi connectivity index (χ2n) is 14.2. The molecule has 13 nitrogen and oxygen atoms in total. The van der Waals surface area contributed by atoms with Gasteiger partial charge in [-0.15, -0.1) is 0 Å². The third-order valence-corrected chi connectivity index (χ3v) is 10.2. The molecule has 1 aromatic heterocycles. The fraction of sp³-hybridized carbons (Fsp3) is 0.463. The largest absolute Gasteiger partial charge is 0.497 e. The van der Waals surface area contributed by atoms with Crippen LogP contribution in [-0.4, -0.2) is 78.2 Å². The molecule has 3 aromatic rings. The van der Waals surface area contributed by atoms with Crippen LogP contribution < -0.4 is 25.4 Å². The van der Waals surface area contributed by atoms with Gasteiger partial charge in [0.05, 0.1) is 31.3 Å². The molecule has 1 heterocycles. The number of carboxylic acids is 1. The van der Waals surface area contributed by atoms with Crippen LogP contribution in [0, 0.1) is 17.8 Å². The number of esters is 1. The minimum Gasteiger partial charge on any atom is -0.497 e. The molecular formula is C41H50N4O9. The first-order chi connectivity index (χ1) is 25.9. The molecule has 13 heteroatoms. The van der Waals surface area contributed by atoms with Crippen molar-refractivity contribution >= 4 is 40.6 Å². The number of rotatable bonds is 15. The molecule has 2 aromatic carbocycles. The topological polar surface area (TPSA) is 182 Å². The van der Waals surface area contributed by atoms with E-state index in [0.29, 0.717) is 28.1 Å². The lowest BCUT2D eigenvalue weighted by Crippen LogP contribution is -2.56. The first-order valence-corrected chi connectivity index (χ1v) is 18.6. The van der Waals surface area contributed by atoms with E-state index in [2.05, 4.69) is 16.0 Å². The molecule has 0 radical (unpaired) electrons. The number of aromatic nitrogens is 1. The Morgan fingerprint density at radius 1 is 0.926 bits per heavy atom. The van der Waals surface area contributed by atoms with Gasteiger partial charge in [-0.05, 0) is 49.3 Å². The second kappa shape index (κ2) is 18.0. The second-order valence-corrected chi connectivity index (χ2v) is 14.2. The van der Waals surface area contributed by atoms with Crippen molar-refractivity contribution in [1.82, 2.24) is 20.9 Å². The van der Waals surface area contributed by atoms with E-state index in [1.165, 1.54) is 7.11 Å². The number of hydrogen-bond donors (Lipinski definition) is 4. The van der Waals surface area contributed by atoms with Gasteiger partial charge in [-0.3, -0.25) is 14.4 Å². The molecule has 2 aliphatic carbocycles. The van der Waals surface area contributed by atoms with Crippen molar-refractivity contribution in [1.29, 1.82) is 0 Å². The Bertz CT molecular complexity index is 1870. The molecule has 1 saturated carbocycles. The standard InChI is InChI=1S/C41H50N4O9/c1-6-31(40(49)50)43-37(46)29-19-27(54-34-22-32(24-13-9-7-10-14-24)42-33-21-26(52-4)17-18-28(33)34)20-30(29)38(47)44-35(23(2)3)39(48)45-36(41(51)53-5)25-15-11-8-12-16-25/h7,9-10,13-14,17-18,20-23,25,27,29,31,35-36H,6,8,11-12,15-16,19H2,1-5H3,(H,43,46)(H,44,47)(H,45,48)(H,49,50)/t27-,29-,31+,35+,36+/m1/s1. The van der Waals surface area contributed by atoms with Crippen LogP contribution in [0.3, 0.4) is 0 Å². The predicted molar refractivity (Wildman–Crippen MR) is 201 cm³/mol. The summed E-state index contributed by atoms with van der Waals surface area (Å²) in [6.45, 7) is 5.17. The van der Waals surface area contributed by atoms with Crippen molar-refractivity contribution in [3.63, 3.8) is 0 Å². The number of nitrogens with one attached hydrogen (secondary N) is 3. The molecule has 3 amide bonds. The average molecular weight is 743 g/mol. The quantitative estimate of drug-likeness (QED) is 0.155. The number of ether oxygens (including phenoxy) is 3. The van der Waals surface area contributed by atoms with Crippen LogP contribution in [0.5, 0.6) is 11.5 Å². The number of carbonyl (C=O) groups is 5. The molecule has 54 heavy (non-hydrogen) atoms. The van der Waals surface area contributed by atoms with E-state index in [1.807, 2.05) is 36.4 Å². The zero-order valence-corrected chi connectivity index (χ0v) is 31.4. The van der Waals surface area contributed by atoms with Crippen LogP contribution in [0.15, 0.2) is 66.2 Å². The molecule has 0 spiro atoms. The van der Waals surface area contributed by atoms with Crippen molar-refractivity contribution < 1.29 is 43.3 Å². The first kappa shape index (κ1) is 39.7. The van der Waals surface area contributed by atoms with Crippen molar-refractivity contribution in [3.8, 4) is 22.8 Å². The van der Waals surface area contributed by atoms with E-state index < -0.39 is 65.7 Å². The summed E-state index contributed by atoms with van der Waals surface area (Å²) in [6.07, 6.45) is 5.40. The molecular weight excluding hydrogens is 692 g/mol. The third-order valence-electron chi connectivity index (χ3n) is 10.2. The fourth-order valence-corrected chi connectivity index (χ4v) is 7.21. The monoisotopic (exact) mass is 742 g/mol. The van der Waals surface area contributed by atoms with Gasteiger partial charge in [0.15, 0.2) is 0 Å². The third kappa shape index (κ3) is 9.36. The number of benzene rings is 2. The van der Waals surface area contributed by atoms with Crippen LogP contribution in [0.25, 0.3) is 22.2 Å². The van der Waals surface area contributed by atoms with Gasteiger partial charge in [-0.1, -0.05) is 70.4 Å². The number of fused-ring (bicyclic) bond motifs is 1. The lowest BCUT2D eigenvalue weighted by Gasteiger charge is -2.31. The first-order valence-electron chi connectivity index (χ1n) is 18.6. The predicted octanol–water partition coefficient (Wildman–Crippen LogP) is 4.96. The lowest BCUT2D eigenvalue weighted by molar-refractivity contribution is -0.147. The Balaban J connectivity index is 1.46.